The van der Waals surface area contributed by atoms with Crippen LogP contribution >= 0.6 is 11.6 Å². The van der Waals surface area contributed by atoms with E-state index in [1.165, 1.54) is 12.1 Å². The van der Waals surface area contributed by atoms with Gasteiger partial charge in [0, 0.05) is 24.1 Å². The van der Waals surface area contributed by atoms with E-state index in [2.05, 4.69) is 5.32 Å². The first-order valence-corrected chi connectivity index (χ1v) is 7.88. The maximum absolute atomic E-state index is 12.2. The van der Waals surface area contributed by atoms with Gasteiger partial charge in [-0.2, -0.15) is 5.26 Å². The molecule has 0 heterocycles. The van der Waals surface area contributed by atoms with E-state index in [1.807, 2.05) is 32.0 Å². The molecule has 2 rings (SSSR count). The molecular weight excluding hydrogens is 324 g/mol. The number of rotatable bonds is 5. The second kappa shape index (κ2) is 7.76. The molecule has 0 radical (unpaired) electrons. The van der Waals surface area contributed by atoms with Crippen molar-refractivity contribution < 1.29 is 9.59 Å². The third kappa shape index (κ3) is 4.43. The van der Waals surface area contributed by atoms with E-state index in [4.69, 9.17) is 16.9 Å². The summed E-state index contributed by atoms with van der Waals surface area (Å²) in [5.74, 6) is -0.334. The van der Waals surface area contributed by atoms with E-state index in [0.717, 1.165) is 11.1 Å². The second-order valence-corrected chi connectivity index (χ2v) is 5.98. The smallest absolute Gasteiger partial charge is 0.224 e. The number of carbonyl (C=O) groups excluding carboxylic acids is 2. The van der Waals surface area contributed by atoms with E-state index >= 15 is 0 Å². The molecule has 0 aromatic heterocycles. The first-order chi connectivity index (χ1) is 11.4. The first kappa shape index (κ1) is 17.7. The van der Waals surface area contributed by atoms with Gasteiger partial charge in [-0.15, -0.1) is 0 Å². The van der Waals surface area contributed by atoms with Crippen LogP contribution in [0.4, 0.5) is 5.69 Å². The molecule has 0 atom stereocenters. The van der Waals surface area contributed by atoms with E-state index in [9.17, 15) is 9.59 Å². The summed E-state index contributed by atoms with van der Waals surface area (Å²) < 4.78 is 0. The highest BCUT2D eigenvalue weighted by atomic mass is 35.5. The number of amides is 1. The predicted octanol–water partition coefficient (Wildman–Crippen LogP) is 4.43. The molecule has 0 unspecified atom stereocenters. The Bertz CT molecular complexity index is 838. The van der Waals surface area contributed by atoms with Crippen LogP contribution in [0, 0.1) is 25.2 Å². The fourth-order valence-corrected chi connectivity index (χ4v) is 2.42. The van der Waals surface area contributed by atoms with Crippen LogP contribution in [0.2, 0.25) is 5.02 Å². The van der Waals surface area contributed by atoms with Crippen molar-refractivity contribution in [2.45, 2.75) is 26.7 Å². The number of carbonyl (C=O) groups is 2. The zero-order valence-electron chi connectivity index (χ0n) is 13.5. The van der Waals surface area contributed by atoms with Gasteiger partial charge in [0.2, 0.25) is 5.91 Å². The Kier molecular flexibility index (Phi) is 5.73. The van der Waals surface area contributed by atoms with E-state index in [-0.39, 0.29) is 29.6 Å². The van der Waals surface area contributed by atoms with Gasteiger partial charge in [-0.3, -0.25) is 9.59 Å². The van der Waals surface area contributed by atoms with Gasteiger partial charge >= 0.3 is 0 Å². The fourth-order valence-electron chi connectivity index (χ4n) is 2.19. The standard InChI is InChI=1S/C19H17ClN2O2/c1-12-3-4-14(9-13(12)2)18(23)7-8-19(24)22-16-6-5-15(11-21)17(20)10-16/h3-6,9-10H,7-8H2,1-2H3,(H,22,24). The Morgan fingerprint density at radius 1 is 1.08 bits per heavy atom. The molecule has 0 saturated heterocycles. The van der Waals surface area contributed by atoms with Gasteiger partial charge in [-0.1, -0.05) is 23.7 Å². The number of hydrogen-bond donors (Lipinski definition) is 1. The van der Waals surface area contributed by atoms with Gasteiger partial charge in [-0.25, -0.2) is 0 Å². The Balaban J connectivity index is 1.93. The zero-order chi connectivity index (χ0) is 17.7. The number of halogens is 1. The van der Waals surface area contributed by atoms with Crippen molar-refractivity contribution in [3.63, 3.8) is 0 Å². The molecular formula is C19H17ClN2O2. The highest BCUT2D eigenvalue weighted by Gasteiger charge is 2.11. The van der Waals surface area contributed by atoms with Crippen molar-refractivity contribution >= 4 is 29.0 Å². The average Bonchev–Trinajstić information content (AvgIpc) is 2.55. The number of hydrogen-bond acceptors (Lipinski definition) is 3. The van der Waals surface area contributed by atoms with Crippen LogP contribution in [-0.2, 0) is 4.79 Å². The molecule has 0 fully saturated rings. The van der Waals surface area contributed by atoms with Crippen LogP contribution in [0.25, 0.3) is 0 Å². The highest BCUT2D eigenvalue weighted by molar-refractivity contribution is 6.32. The lowest BCUT2D eigenvalue weighted by atomic mass is 10.0. The molecule has 1 N–H and O–H groups in total. The number of benzene rings is 2. The minimum atomic E-state index is -0.270. The van der Waals surface area contributed by atoms with Crippen LogP contribution < -0.4 is 5.32 Å². The number of ketones is 1. The van der Waals surface area contributed by atoms with Crippen molar-refractivity contribution in [3.8, 4) is 6.07 Å². The number of aryl methyl sites for hydroxylation is 2. The molecule has 2 aromatic carbocycles. The Morgan fingerprint density at radius 3 is 2.46 bits per heavy atom. The topological polar surface area (TPSA) is 70.0 Å². The maximum atomic E-state index is 12.2. The van der Waals surface area contributed by atoms with Crippen LogP contribution in [-0.4, -0.2) is 11.7 Å². The number of nitriles is 1. The van der Waals surface area contributed by atoms with Crippen molar-refractivity contribution in [3.05, 3.63) is 63.7 Å². The molecule has 0 aliphatic rings. The van der Waals surface area contributed by atoms with Gasteiger partial charge in [-0.05, 0) is 49.2 Å². The van der Waals surface area contributed by atoms with Crippen molar-refractivity contribution in [1.29, 1.82) is 5.26 Å². The SMILES string of the molecule is Cc1ccc(C(=O)CCC(=O)Nc2ccc(C#N)c(Cl)c2)cc1C. The van der Waals surface area contributed by atoms with Crippen molar-refractivity contribution in [2.24, 2.45) is 0 Å². The number of anilines is 1. The molecule has 0 aliphatic carbocycles. The summed E-state index contributed by atoms with van der Waals surface area (Å²) in [4.78, 5) is 24.1. The predicted molar refractivity (Wildman–Crippen MR) is 94.3 cm³/mol. The fraction of sp³-hybridized carbons (Fsp3) is 0.211. The molecule has 0 aliphatic heterocycles. The third-order valence-corrected chi connectivity index (χ3v) is 4.09. The minimum absolute atomic E-state index is 0.0638. The molecule has 0 bridgehead atoms. The molecule has 0 spiro atoms. The van der Waals surface area contributed by atoms with Crippen molar-refractivity contribution in [1.82, 2.24) is 0 Å². The molecule has 5 heteroatoms. The first-order valence-electron chi connectivity index (χ1n) is 7.50. The largest absolute Gasteiger partial charge is 0.326 e. The normalized spacial score (nSPS) is 10.1. The number of nitrogens with one attached hydrogen (secondary N) is 1. The summed E-state index contributed by atoms with van der Waals surface area (Å²) in [5, 5.41) is 11.8. The minimum Gasteiger partial charge on any atom is -0.326 e. The van der Waals surface area contributed by atoms with Gasteiger partial charge in [0.1, 0.15) is 6.07 Å². The summed E-state index contributed by atoms with van der Waals surface area (Å²) >= 11 is 5.92. The van der Waals surface area contributed by atoms with Crippen LogP contribution in [0.5, 0.6) is 0 Å². The maximum Gasteiger partial charge on any atom is 0.224 e. The monoisotopic (exact) mass is 340 g/mol. The van der Waals surface area contributed by atoms with Crippen molar-refractivity contribution in [2.75, 3.05) is 5.32 Å². The molecule has 0 saturated carbocycles. The van der Waals surface area contributed by atoms with Gasteiger partial charge in [0.05, 0.1) is 10.6 Å². The summed E-state index contributed by atoms with van der Waals surface area (Å²) in [6.07, 6.45) is 0.224. The quantitative estimate of drug-likeness (QED) is 0.818. The third-order valence-electron chi connectivity index (χ3n) is 3.78. The Hall–Kier alpha value is -2.64. The summed E-state index contributed by atoms with van der Waals surface area (Å²) in [5.41, 5.74) is 3.65. The van der Waals surface area contributed by atoms with Gasteiger partial charge in [0.25, 0.3) is 0 Å². The van der Waals surface area contributed by atoms with E-state index in [1.54, 1.807) is 12.1 Å². The van der Waals surface area contributed by atoms with Crippen LogP contribution in [0.3, 0.4) is 0 Å². The van der Waals surface area contributed by atoms with Gasteiger partial charge in [0.15, 0.2) is 5.78 Å². The Morgan fingerprint density at radius 2 is 1.83 bits per heavy atom. The van der Waals surface area contributed by atoms with Crippen LogP contribution in [0.15, 0.2) is 36.4 Å². The Labute approximate surface area is 146 Å². The summed E-state index contributed by atoms with van der Waals surface area (Å²) in [6.45, 7) is 3.94. The lowest BCUT2D eigenvalue weighted by Gasteiger charge is -2.07. The lowest BCUT2D eigenvalue weighted by molar-refractivity contribution is -0.116. The summed E-state index contributed by atoms with van der Waals surface area (Å²) in [7, 11) is 0. The number of nitrogens with zero attached hydrogens (tertiary/aromatic N) is 1. The van der Waals surface area contributed by atoms with Gasteiger partial charge < -0.3 is 5.32 Å². The van der Waals surface area contributed by atoms with E-state index in [0.29, 0.717) is 16.8 Å². The lowest BCUT2D eigenvalue weighted by Crippen LogP contribution is -2.13. The zero-order valence-corrected chi connectivity index (χ0v) is 14.3. The van der Waals surface area contributed by atoms with E-state index < -0.39 is 0 Å². The highest BCUT2D eigenvalue weighted by Crippen LogP contribution is 2.20. The average molecular weight is 341 g/mol. The molecule has 4 nitrogen and oxygen atoms in total. The molecule has 122 valence electrons. The molecule has 1 amide bonds. The van der Waals surface area contributed by atoms with Crippen LogP contribution in [0.1, 0.15) is 39.9 Å². The molecule has 2 aromatic rings. The summed E-state index contributed by atoms with van der Waals surface area (Å²) in [6, 6.07) is 12.1. The second-order valence-electron chi connectivity index (χ2n) is 5.58. The molecule has 24 heavy (non-hydrogen) atoms. The number of Topliss-reactive ketones (excluding diaryl/α,β-unsaturated/α-hetero) is 1.